The van der Waals surface area contributed by atoms with Gasteiger partial charge < -0.3 is 14.5 Å². The van der Waals surface area contributed by atoms with Crippen LogP contribution >= 0.6 is 0 Å². The van der Waals surface area contributed by atoms with Crippen molar-refractivity contribution in [1.82, 2.24) is 14.7 Å². The number of carbonyl (C=O) groups excluding carboxylic acids is 1. The first-order chi connectivity index (χ1) is 13.7. The summed E-state index contributed by atoms with van der Waals surface area (Å²) in [5.74, 6) is 1.01. The summed E-state index contributed by atoms with van der Waals surface area (Å²) in [5, 5.41) is 4.38. The fourth-order valence-corrected chi connectivity index (χ4v) is 3.47. The van der Waals surface area contributed by atoms with Gasteiger partial charge in [0.1, 0.15) is 5.75 Å². The van der Waals surface area contributed by atoms with Gasteiger partial charge in [0.25, 0.3) is 0 Å². The fourth-order valence-electron chi connectivity index (χ4n) is 3.47. The van der Waals surface area contributed by atoms with Crippen LogP contribution in [-0.4, -0.2) is 53.9 Å². The third-order valence-electron chi connectivity index (χ3n) is 5.08. The van der Waals surface area contributed by atoms with Crippen LogP contribution in [0.25, 0.3) is 5.69 Å². The maximum Gasteiger partial charge on any atom is 0.227 e. The highest BCUT2D eigenvalue weighted by atomic mass is 16.5. The number of carbonyl (C=O) groups is 1. The molecule has 2 aromatic carbocycles. The summed E-state index contributed by atoms with van der Waals surface area (Å²) in [6.07, 6.45) is 4.09. The molecule has 1 amide bonds. The van der Waals surface area contributed by atoms with E-state index in [9.17, 15) is 4.79 Å². The van der Waals surface area contributed by atoms with Crippen molar-refractivity contribution in [2.45, 2.75) is 6.42 Å². The van der Waals surface area contributed by atoms with E-state index in [1.54, 1.807) is 13.3 Å². The number of rotatable bonds is 5. The summed E-state index contributed by atoms with van der Waals surface area (Å²) in [5.41, 5.74) is 3.10. The highest BCUT2D eigenvalue weighted by Gasteiger charge is 2.21. The van der Waals surface area contributed by atoms with E-state index in [-0.39, 0.29) is 5.91 Å². The largest absolute Gasteiger partial charge is 0.497 e. The van der Waals surface area contributed by atoms with Crippen molar-refractivity contribution in [2.24, 2.45) is 0 Å². The number of aromatic nitrogens is 2. The number of methoxy groups -OCH3 is 1. The second-order valence-electron chi connectivity index (χ2n) is 6.87. The lowest BCUT2D eigenvalue weighted by Crippen LogP contribution is -2.49. The van der Waals surface area contributed by atoms with Crippen molar-refractivity contribution in [2.75, 3.05) is 38.2 Å². The van der Waals surface area contributed by atoms with Crippen LogP contribution in [0.5, 0.6) is 5.75 Å². The molecule has 0 atom stereocenters. The second kappa shape index (κ2) is 8.17. The van der Waals surface area contributed by atoms with E-state index in [0.717, 1.165) is 48.9 Å². The molecule has 3 aromatic rings. The number of para-hydroxylation sites is 1. The Morgan fingerprint density at radius 2 is 1.68 bits per heavy atom. The van der Waals surface area contributed by atoms with Crippen molar-refractivity contribution < 1.29 is 9.53 Å². The standard InChI is InChI=1S/C22H24N4O2/c1-28-21-9-7-19(8-10-21)24-11-13-25(14-12-24)22(27)15-18-16-23-26(17-18)20-5-3-2-4-6-20/h2-10,16-17H,11-15H2,1H3. The quantitative estimate of drug-likeness (QED) is 0.687. The lowest BCUT2D eigenvalue weighted by molar-refractivity contribution is -0.130. The van der Waals surface area contributed by atoms with Gasteiger partial charge in [0.05, 0.1) is 25.4 Å². The van der Waals surface area contributed by atoms with Gasteiger partial charge >= 0.3 is 0 Å². The normalized spacial score (nSPS) is 14.2. The van der Waals surface area contributed by atoms with Crippen LogP contribution in [0.1, 0.15) is 5.56 Å². The van der Waals surface area contributed by atoms with Crippen LogP contribution < -0.4 is 9.64 Å². The number of ether oxygens (including phenoxy) is 1. The number of piperazine rings is 1. The molecule has 6 nitrogen and oxygen atoms in total. The Bertz CT molecular complexity index is 913. The van der Waals surface area contributed by atoms with Crippen LogP contribution in [0.2, 0.25) is 0 Å². The first kappa shape index (κ1) is 18.1. The van der Waals surface area contributed by atoms with Crippen LogP contribution in [-0.2, 0) is 11.2 Å². The van der Waals surface area contributed by atoms with Crippen molar-refractivity contribution in [3.05, 3.63) is 72.6 Å². The lowest BCUT2D eigenvalue weighted by atomic mass is 10.2. The molecule has 0 saturated carbocycles. The molecule has 2 heterocycles. The summed E-state index contributed by atoms with van der Waals surface area (Å²) in [6, 6.07) is 18.0. The summed E-state index contributed by atoms with van der Waals surface area (Å²) in [7, 11) is 1.67. The molecule has 1 aromatic heterocycles. The molecular formula is C22H24N4O2. The summed E-state index contributed by atoms with van der Waals surface area (Å²) in [6.45, 7) is 3.14. The molecule has 1 aliphatic heterocycles. The Hall–Kier alpha value is -3.28. The van der Waals surface area contributed by atoms with Crippen LogP contribution in [0.4, 0.5) is 5.69 Å². The number of hydrogen-bond donors (Lipinski definition) is 0. The maximum absolute atomic E-state index is 12.7. The number of anilines is 1. The van der Waals surface area contributed by atoms with Crippen LogP contribution in [0, 0.1) is 0 Å². The van der Waals surface area contributed by atoms with E-state index in [4.69, 9.17) is 4.74 Å². The molecule has 144 valence electrons. The molecule has 0 radical (unpaired) electrons. The Morgan fingerprint density at radius 3 is 2.36 bits per heavy atom. The van der Waals surface area contributed by atoms with E-state index >= 15 is 0 Å². The minimum atomic E-state index is 0.155. The molecule has 0 unspecified atom stereocenters. The fraction of sp³-hybridized carbons (Fsp3) is 0.273. The molecule has 0 bridgehead atoms. The smallest absolute Gasteiger partial charge is 0.227 e. The third-order valence-corrected chi connectivity index (χ3v) is 5.08. The van der Waals surface area contributed by atoms with E-state index < -0.39 is 0 Å². The molecule has 1 fully saturated rings. The highest BCUT2D eigenvalue weighted by molar-refractivity contribution is 5.79. The first-order valence-corrected chi connectivity index (χ1v) is 9.49. The predicted octanol–water partition coefficient (Wildman–Crippen LogP) is 2.77. The molecule has 1 aliphatic rings. The second-order valence-corrected chi connectivity index (χ2v) is 6.87. The Labute approximate surface area is 164 Å². The van der Waals surface area contributed by atoms with Gasteiger partial charge in [-0.05, 0) is 42.0 Å². The van der Waals surface area contributed by atoms with Crippen LogP contribution in [0.15, 0.2) is 67.0 Å². The third kappa shape index (κ3) is 4.01. The van der Waals surface area contributed by atoms with Gasteiger partial charge in [-0.3, -0.25) is 4.79 Å². The van der Waals surface area contributed by atoms with Gasteiger partial charge in [-0.2, -0.15) is 5.10 Å². The van der Waals surface area contributed by atoms with Gasteiger partial charge in [-0.15, -0.1) is 0 Å². The van der Waals surface area contributed by atoms with E-state index in [1.165, 1.54) is 0 Å². The monoisotopic (exact) mass is 376 g/mol. The molecule has 0 aliphatic carbocycles. The van der Waals surface area contributed by atoms with Gasteiger partial charge in [0, 0.05) is 38.1 Å². The maximum atomic E-state index is 12.7. The van der Waals surface area contributed by atoms with Gasteiger partial charge in [0.15, 0.2) is 0 Å². The first-order valence-electron chi connectivity index (χ1n) is 9.49. The topological polar surface area (TPSA) is 50.6 Å². The van der Waals surface area contributed by atoms with Crippen molar-refractivity contribution in [3.8, 4) is 11.4 Å². The van der Waals surface area contributed by atoms with E-state index in [1.807, 2.05) is 58.2 Å². The average molecular weight is 376 g/mol. The average Bonchev–Trinajstić information content (AvgIpc) is 3.23. The highest BCUT2D eigenvalue weighted by Crippen LogP contribution is 2.20. The predicted molar refractivity (Wildman–Crippen MR) is 109 cm³/mol. The summed E-state index contributed by atoms with van der Waals surface area (Å²) < 4.78 is 7.02. The zero-order valence-corrected chi connectivity index (χ0v) is 16.0. The molecule has 4 rings (SSSR count). The van der Waals surface area contributed by atoms with E-state index in [2.05, 4.69) is 22.1 Å². The molecule has 0 spiro atoms. The number of nitrogens with zero attached hydrogens (tertiary/aromatic N) is 4. The number of amides is 1. The van der Waals surface area contributed by atoms with Gasteiger partial charge in [-0.1, -0.05) is 18.2 Å². The Kier molecular flexibility index (Phi) is 5.28. The molecule has 0 N–H and O–H groups in total. The van der Waals surface area contributed by atoms with Crippen LogP contribution in [0.3, 0.4) is 0 Å². The minimum Gasteiger partial charge on any atom is -0.497 e. The summed E-state index contributed by atoms with van der Waals surface area (Å²) >= 11 is 0. The zero-order chi connectivity index (χ0) is 19.3. The molecule has 6 heteroatoms. The summed E-state index contributed by atoms with van der Waals surface area (Å²) in [4.78, 5) is 16.9. The van der Waals surface area contributed by atoms with E-state index in [0.29, 0.717) is 6.42 Å². The zero-order valence-electron chi connectivity index (χ0n) is 16.0. The van der Waals surface area contributed by atoms with Crippen molar-refractivity contribution >= 4 is 11.6 Å². The molecule has 1 saturated heterocycles. The number of benzene rings is 2. The van der Waals surface area contributed by atoms with Crippen molar-refractivity contribution in [1.29, 1.82) is 0 Å². The molecule has 28 heavy (non-hydrogen) atoms. The minimum absolute atomic E-state index is 0.155. The SMILES string of the molecule is COc1ccc(N2CCN(C(=O)Cc3cnn(-c4ccccc4)c3)CC2)cc1. The number of hydrogen-bond acceptors (Lipinski definition) is 4. The lowest BCUT2D eigenvalue weighted by Gasteiger charge is -2.36. The molecular weight excluding hydrogens is 352 g/mol. The van der Waals surface area contributed by atoms with Crippen molar-refractivity contribution in [3.63, 3.8) is 0 Å². The van der Waals surface area contributed by atoms with Gasteiger partial charge in [0.2, 0.25) is 5.91 Å². The Morgan fingerprint density at radius 1 is 0.964 bits per heavy atom. The van der Waals surface area contributed by atoms with Gasteiger partial charge in [-0.25, -0.2) is 4.68 Å². The Balaban J connectivity index is 1.32.